The van der Waals surface area contributed by atoms with Crippen molar-refractivity contribution in [3.8, 4) is 0 Å². The van der Waals surface area contributed by atoms with Crippen LogP contribution in [0.2, 0.25) is 0 Å². The van der Waals surface area contributed by atoms with Gasteiger partial charge in [-0.2, -0.15) is 0 Å². The first-order valence-electron chi connectivity index (χ1n) is 10.5. The van der Waals surface area contributed by atoms with Crippen molar-refractivity contribution in [3.05, 3.63) is 53.6 Å². The molecule has 0 aromatic heterocycles. The van der Waals surface area contributed by atoms with Gasteiger partial charge in [-0.25, -0.2) is 8.42 Å². The zero-order valence-corrected chi connectivity index (χ0v) is 19.5. The van der Waals surface area contributed by atoms with Gasteiger partial charge in [0, 0.05) is 35.7 Å². The van der Waals surface area contributed by atoms with E-state index >= 15 is 0 Å². The number of morpholine rings is 1. The number of aryl methyl sites for hydroxylation is 1. The Morgan fingerprint density at radius 3 is 2.16 bits per heavy atom. The molecule has 2 atom stereocenters. The Bertz CT molecular complexity index is 1030. The molecule has 0 spiro atoms. The van der Waals surface area contributed by atoms with Crippen LogP contribution in [-0.4, -0.2) is 44.9 Å². The lowest BCUT2D eigenvalue weighted by atomic mass is 10.1. The van der Waals surface area contributed by atoms with Gasteiger partial charge in [0.25, 0.3) is 5.91 Å². The van der Waals surface area contributed by atoms with Gasteiger partial charge < -0.3 is 15.0 Å². The first-order chi connectivity index (χ1) is 14.5. The molecule has 2 aromatic rings. The first kappa shape index (κ1) is 23.1. The molecular formula is C23H31N3O4S. The third-order valence-corrected chi connectivity index (χ3v) is 7.00. The number of carbonyl (C=O) groups is 1. The number of benzene rings is 2. The minimum atomic E-state index is -3.42. The molecule has 0 aliphatic carbocycles. The van der Waals surface area contributed by atoms with Gasteiger partial charge in [-0.15, -0.1) is 0 Å². The molecule has 2 N–H and O–H groups in total. The molecule has 8 heteroatoms. The summed E-state index contributed by atoms with van der Waals surface area (Å²) < 4.78 is 32.3. The number of hydrogen-bond donors (Lipinski definition) is 2. The smallest absolute Gasteiger partial charge is 0.255 e. The van der Waals surface area contributed by atoms with Crippen LogP contribution in [-0.2, 0) is 14.8 Å². The number of rotatable bonds is 6. The maximum Gasteiger partial charge on any atom is 0.255 e. The summed E-state index contributed by atoms with van der Waals surface area (Å²) in [6.45, 7) is 11.1. The molecule has 0 radical (unpaired) electrons. The van der Waals surface area contributed by atoms with Crippen molar-refractivity contribution < 1.29 is 17.9 Å². The van der Waals surface area contributed by atoms with Crippen LogP contribution in [0.1, 0.15) is 43.6 Å². The van der Waals surface area contributed by atoms with Crippen LogP contribution in [0.5, 0.6) is 0 Å². The molecular weight excluding hydrogens is 414 g/mol. The minimum Gasteiger partial charge on any atom is -0.372 e. The summed E-state index contributed by atoms with van der Waals surface area (Å²) in [6.07, 6.45) is 0.353. The quantitative estimate of drug-likeness (QED) is 0.701. The summed E-state index contributed by atoms with van der Waals surface area (Å²) in [5, 5.41) is 2.38. The SMILES string of the molecule is Cc1cc(NC(=O)c2ccc(NS(=O)(=O)C(C)C)cc2)ccc1N1C[C@@H](C)O[C@@H](C)C1. The number of nitrogens with one attached hydrogen (secondary N) is 2. The maximum absolute atomic E-state index is 12.6. The van der Waals surface area contributed by atoms with E-state index in [0.717, 1.165) is 24.3 Å². The number of amides is 1. The van der Waals surface area contributed by atoms with Crippen LogP contribution >= 0.6 is 0 Å². The van der Waals surface area contributed by atoms with Crippen LogP contribution in [0, 0.1) is 6.92 Å². The number of anilines is 3. The van der Waals surface area contributed by atoms with Gasteiger partial charge in [0.15, 0.2) is 0 Å². The lowest BCUT2D eigenvalue weighted by Crippen LogP contribution is -2.45. The van der Waals surface area contributed by atoms with Crippen molar-refractivity contribution in [2.24, 2.45) is 0 Å². The Labute approximate surface area is 184 Å². The molecule has 1 aliphatic rings. The fourth-order valence-corrected chi connectivity index (χ4v) is 4.34. The predicted molar refractivity (Wildman–Crippen MR) is 125 cm³/mol. The molecule has 1 fully saturated rings. The Balaban J connectivity index is 1.67. The van der Waals surface area contributed by atoms with Gasteiger partial charge in [0.1, 0.15) is 0 Å². The highest BCUT2D eigenvalue weighted by molar-refractivity contribution is 7.93. The fourth-order valence-electron chi connectivity index (χ4n) is 3.64. The van der Waals surface area contributed by atoms with Gasteiger partial charge in [0.2, 0.25) is 10.0 Å². The fraction of sp³-hybridized carbons (Fsp3) is 0.435. The molecule has 168 valence electrons. The highest BCUT2D eigenvalue weighted by Gasteiger charge is 2.23. The van der Waals surface area contributed by atoms with Crippen LogP contribution in [0.4, 0.5) is 17.1 Å². The molecule has 0 saturated carbocycles. The summed E-state index contributed by atoms with van der Waals surface area (Å²) in [7, 11) is -3.42. The molecule has 0 bridgehead atoms. The zero-order chi connectivity index (χ0) is 22.8. The van der Waals surface area contributed by atoms with Crippen molar-refractivity contribution in [1.29, 1.82) is 0 Å². The molecule has 0 unspecified atom stereocenters. The summed E-state index contributed by atoms with van der Waals surface area (Å²) >= 11 is 0. The third-order valence-electron chi connectivity index (χ3n) is 5.24. The van der Waals surface area contributed by atoms with Crippen LogP contribution in [0.25, 0.3) is 0 Å². The summed E-state index contributed by atoms with van der Waals surface area (Å²) in [4.78, 5) is 14.9. The Morgan fingerprint density at radius 2 is 1.61 bits per heavy atom. The second kappa shape index (κ2) is 9.28. The second-order valence-electron chi connectivity index (χ2n) is 8.39. The van der Waals surface area contributed by atoms with Crippen LogP contribution in [0.3, 0.4) is 0 Å². The Kier molecular flexibility index (Phi) is 6.91. The highest BCUT2D eigenvalue weighted by Crippen LogP contribution is 2.27. The van der Waals surface area contributed by atoms with Crippen molar-refractivity contribution >= 4 is 33.0 Å². The summed E-state index contributed by atoms with van der Waals surface area (Å²) in [5.41, 5.74) is 3.81. The van der Waals surface area contributed by atoms with Gasteiger partial charge in [-0.05, 0) is 82.6 Å². The molecule has 1 saturated heterocycles. The lowest BCUT2D eigenvalue weighted by Gasteiger charge is -2.37. The van der Waals surface area contributed by atoms with Crippen molar-refractivity contribution in [2.75, 3.05) is 28.0 Å². The number of nitrogens with zero attached hydrogens (tertiary/aromatic N) is 1. The van der Waals surface area contributed by atoms with E-state index in [9.17, 15) is 13.2 Å². The molecule has 7 nitrogen and oxygen atoms in total. The Hall–Kier alpha value is -2.58. The molecule has 1 heterocycles. The van der Waals surface area contributed by atoms with E-state index in [1.165, 1.54) is 0 Å². The van der Waals surface area contributed by atoms with Crippen molar-refractivity contribution in [1.82, 2.24) is 0 Å². The largest absolute Gasteiger partial charge is 0.372 e. The summed E-state index contributed by atoms with van der Waals surface area (Å²) in [6, 6.07) is 12.3. The van der Waals surface area contributed by atoms with E-state index in [1.807, 2.05) is 25.1 Å². The van der Waals surface area contributed by atoms with Crippen molar-refractivity contribution in [3.63, 3.8) is 0 Å². The van der Waals surface area contributed by atoms with E-state index in [-0.39, 0.29) is 18.1 Å². The number of hydrogen-bond acceptors (Lipinski definition) is 5. The second-order valence-corrected chi connectivity index (χ2v) is 10.6. The average Bonchev–Trinajstić information content (AvgIpc) is 2.67. The van der Waals surface area contributed by atoms with E-state index in [2.05, 4.69) is 28.8 Å². The number of ether oxygens (including phenoxy) is 1. The average molecular weight is 446 g/mol. The zero-order valence-electron chi connectivity index (χ0n) is 18.7. The Morgan fingerprint density at radius 1 is 1.03 bits per heavy atom. The van der Waals surface area contributed by atoms with Crippen LogP contribution in [0.15, 0.2) is 42.5 Å². The van der Waals surface area contributed by atoms with E-state index in [0.29, 0.717) is 16.9 Å². The molecule has 2 aromatic carbocycles. The van der Waals surface area contributed by atoms with Gasteiger partial charge in [-0.3, -0.25) is 9.52 Å². The molecule has 1 aliphatic heterocycles. The third kappa shape index (κ3) is 5.77. The van der Waals surface area contributed by atoms with Gasteiger partial charge >= 0.3 is 0 Å². The standard InChI is InChI=1S/C23H31N3O4S/c1-15(2)31(28,29)25-20-8-6-19(7-9-20)23(27)24-21-10-11-22(16(3)12-21)26-13-17(4)30-18(5)14-26/h6-12,15,17-18,25H,13-14H2,1-5H3,(H,24,27)/t17-,18+. The van der Waals surface area contributed by atoms with Gasteiger partial charge in [0.05, 0.1) is 17.5 Å². The first-order valence-corrected chi connectivity index (χ1v) is 12.0. The van der Waals surface area contributed by atoms with E-state index in [4.69, 9.17) is 4.74 Å². The normalized spacial score (nSPS) is 19.4. The highest BCUT2D eigenvalue weighted by atomic mass is 32.2. The molecule has 1 amide bonds. The predicted octanol–water partition coefficient (Wildman–Crippen LogP) is 4.01. The number of carbonyl (C=O) groups excluding carboxylic acids is 1. The topological polar surface area (TPSA) is 87.7 Å². The van der Waals surface area contributed by atoms with E-state index < -0.39 is 15.3 Å². The summed E-state index contributed by atoms with van der Waals surface area (Å²) in [5.74, 6) is -0.251. The van der Waals surface area contributed by atoms with Crippen LogP contribution < -0.4 is 14.9 Å². The molecule has 3 rings (SSSR count). The lowest BCUT2D eigenvalue weighted by molar-refractivity contribution is -0.00524. The van der Waals surface area contributed by atoms with E-state index in [1.54, 1.807) is 38.1 Å². The van der Waals surface area contributed by atoms with Gasteiger partial charge in [-0.1, -0.05) is 0 Å². The monoisotopic (exact) mass is 445 g/mol. The van der Waals surface area contributed by atoms with Crippen molar-refractivity contribution in [2.45, 2.75) is 52.1 Å². The number of sulfonamides is 1. The molecule has 31 heavy (non-hydrogen) atoms. The minimum absolute atomic E-state index is 0.176. The maximum atomic E-state index is 12.6.